The van der Waals surface area contributed by atoms with Crippen molar-refractivity contribution in [3.05, 3.63) is 66.1 Å². The maximum Gasteiger partial charge on any atom is 0.247 e. The summed E-state index contributed by atoms with van der Waals surface area (Å²) in [5.41, 5.74) is 2.12. The van der Waals surface area contributed by atoms with Gasteiger partial charge in [-0.05, 0) is 38.2 Å². The van der Waals surface area contributed by atoms with Gasteiger partial charge in [-0.15, -0.1) is 10.2 Å². The summed E-state index contributed by atoms with van der Waals surface area (Å²) < 4.78 is 11.4. The normalized spacial score (nSPS) is 11.0. The van der Waals surface area contributed by atoms with E-state index in [1.807, 2.05) is 68.6 Å². The van der Waals surface area contributed by atoms with E-state index in [1.165, 1.54) is 5.56 Å². The molecular formula is C19H21N3O2. The summed E-state index contributed by atoms with van der Waals surface area (Å²) in [6.07, 6.45) is 0. The smallest absolute Gasteiger partial charge is 0.247 e. The summed E-state index contributed by atoms with van der Waals surface area (Å²) in [7, 11) is 2.00. The Balaban J connectivity index is 1.51. The van der Waals surface area contributed by atoms with Crippen LogP contribution < -0.4 is 4.74 Å². The van der Waals surface area contributed by atoms with Gasteiger partial charge in [-0.1, -0.05) is 35.9 Å². The van der Waals surface area contributed by atoms with Crippen LogP contribution in [0.2, 0.25) is 0 Å². The molecule has 2 aromatic carbocycles. The summed E-state index contributed by atoms with van der Waals surface area (Å²) in [4.78, 5) is 2.09. The highest BCUT2D eigenvalue weighted by atomic mass is 16.5. The second-order valence-corrected chi connectivity index (χ2v) is 5.77. The Morgan fingerprint density at radius 3 is 2.67 bits per heavy atom. The lowest BCUT2D eigenvalue weighted by molar-refractivity contribution is 0.220. The number of likely N-dealkylation sites (N-methyl/N-ethyl adjacent to an activating group) is 1. The lowest BCUT2D eigenvalue weighted by Gasteiger charge is -2.14. The summed E-state index contributed by atoms with van der Waals surface area (Å²) in [6, 6.07) is 17.8. The first-order valence-corrected chi connectivity index (χ1v) is 7.96. The molecule has 0 bridgehead atoms. The Hall–Kier alpha value is -2.66. The topological polar surface area (TPSA) is 51.4 Å². The summed E-state index contributed by atoms with van der Waals surface area (Å²) in [5.74, 6) is 2.04. The number of benzene rings is 2. The van der Waals surface area contributed by atoms with Gasteiger partial charge in [0.05, 0.1) is 6.54 Å². The summed E-state index contributed by atoms with van der Waals surface area (Å²) in [6.45, 7) is 4.02. The standard InChI is InChI=1S/C19H21N3O2/c1-15-7-6-8-16(13-15)19-21-20-18(24-19)14-22(2)11-12-23-17-9-4-3-5-10-17/h3-10,13H,11-12,14H2,1-2H3. The van der Waals surface area contributed by atoms with Crippen LogP contribution in [0.5, 0.6) is 5.75 Å². The van der Waals surface area contributed by atoms with Crippen molar-refractivity contribution in [2.24, 2.45) is 0 Å². The third-order valence-electron chi connectivity index (χ3n) is 3.62. The van der Waals surface area contributed by atoms with Crippen LogP contribution in [0.25, 0.3) is 11.5 Å². The number of rotatable bonds is 7. The zero-order valence-electron chi connectivity index (χ0n) is 14.0. The molecule has 0 atom stereocenters. The lowest BCUT2D eigenvalue weighted by atomic mass is 10.1. The molecule has 0 aliphatic rings. The first kappa shape index (κ1) is 16.2. The van der Waals surface area contributed by atoms with E-state index in [-0.39, 0.29) is 0 Å². The molecule has 0 saturated carbocycles. The number of nitrogens with zero attached hydrogens (tertiary/aromatic N) is 3. The fourth-order valence-corrected chi connectivity index (χ4v) is 2.36. The molecule has 0 radical (unpaired) electrons. The molecule has 0 spiro atoms. The van der Waals surface area contributed by atoms with E-state index in [0.717, 1.165) is 17.9 Å². The summed E-state index contributed by atoms with van der Waals surface area (Å²) in [5, 5.41) is 8.26. The third-order valence-corrected chi connectivity index (χ3v) is 3.62. The Morgan fingerprint density at radius 1 is 1.04 bits per heavy atom. The summed E-state index contributed by atoms with van der Waals surface area (Å²) >= 11 is 0. The molecule has 0 N–H and O–H groups in total. The van der Waals surface area contributed by atoms with E-state index in [0.29, 0.717) is 24.9 Å². The monoisotopic (exact) mass is 323 g/mol. The Morgan fingerprint density at radius 2 is 1.88 bits per heavy atom. The van der Waals surface area contributed by atoms with Crippen LogP contribution in [0.3, 0.4) is 0 Å². The minimum atomic E-state index is 0.558. The lowest BCUT2D eigenvalue weighted by Crippen LogP contribution is -2.24. The van der Waals surface area contributed by atoms with Crippen LogP contribution >= 0.6 is 0 Å². The molecule has 0 aliphatic carbocycles. The van der Waals surface area contributed by atoms with Gasteiger partial charge in [0, 0.05) is 12.1 Å². The highest BCUT2D eigenvalue weighted by molar-refractivity contribution is 5.53. The number of aromatic nitrogens is 2. The highest BCUT2D eigenvalue weighted by Crippen LogP contribution is 2.19. The molecule has 24 heavy (non-hydrogen) atoms. The van der Waals surface area contributed by atoms with Crippen LogP contribution in [0, 0.1) is 6.92 Å². The molecule has 5 heteroatoms. The van der Waals surface area contributed by atoms with Gasteiger partial charge in [-0.2, -0.15) is 0 Å². The first-order chi connectivity index (χ1) is 11.7. The molecule has 1 heterocycles. The van der Waals surface area contributed by atoms with Crippen LogP contribution in [0.4, 0.5) is 0 Å². The Kier molecular flexibility index (Phi) is 5.23. The van der Waals surface area contributed by atoms with Gasteiger partial charge in [0.25, 0.3) is 0 Å². The minimum Gasteiger partial charge on any atom is -0.492 e. The number of ether oxygens (including phenoxy) is 1. The van der Waals surface area contributed by atoms with Crippen molar-refractivity contribution in [1.82, 2.24) is 15.1 Å². The second-order valence-electron chi connectivity index (χ2n) is 5.77. The Bertz CT molecular complexity index is 771. The SMILES string of the molecule is Cc1cccc(-c2nnc(CN(C)CCOc3ccccc3)o2)c1. The average molecular weight is 323 g/mol. The molecule has 5 nitrogen and oxygen atoms in total. The van der Waals surface area contributed by atoms with Gasteiger partial charge in [-0.3, -0.25) is 4.90 Å². The highest BCUT2D eigenvalue weighted by Gasteiger charge is 2.10. The van der Waals surface area contributed by atoms with Crippen LogP contribution in [0.1, 0.15) is 11.5 Å². The van der Waals surface area contributed by atoms with Gasteiger partial charge >= 0.3 is 0 Å². The largest absolute Gasteiger partial charge is 0.492 e. The number of para-hydroxylation sites is 1. The van der Waals surface area contributed by atoms with Crippen molar-refractivity contribution in [3.8, 4) is 17.2 Å². The van der Waals surface area contributed by atoms with Crippen molar-refractivity contribution >= 4 is 0 Å². The molecular weight excluding hydrogens is 302 g/mol. The van der Waals surface area contributed by atoms with Gasteiger partial charge < -0.3 is 9.15 Å². The van der Waals surface area contributed by atoms with E-state index in [4.69, 9.17) is 9.15 Å². The van der Waals surface area contributed by atoms with Crippen LogP contribution in [-0.2, 0) is 6.54 Å². The van der Waals surface area contributed by atoms with Crippen LogP contribution in [-0.4, -0.2) is 35.3 Å². The van der Waals surface area contributed by atoms with Crippen LogP contribution in [0.15, 0.2) is 59.0 Å². The molecule has 3 aromatic rings. The fourth-order valence-electron chi connectivity index (χ4n) is 2.36. The Labute approximate surface area is 141 Å². The fraction of sp³-hybridized carbons (Fsp3) is 0.263. The van der Waals surface area contributed by atoms with E-state index in [9.17, 15) is 0 Å². The quantitative estimate of drug-likeness (QED) is 0.665. The zero-order valence-corrected chi connectivity index (χ0v) is 14.0. The van der Waals surface area contributed by atoms with Gasteiger partial charge in [-0.25, -0.2) is 0 Å². The predicted octanol–water partition coefficient (Wildman–Crippen LogP) is 3.56. The number of aryl methyl sites for hydroxylation is 1. The first-order valence-electron chi connectivity index (χ1n) is 7.96. The predicted molar refractivity (Wildman–Crippen MR) is 92.7 cm³/mol. The molecule has 0 fully saturated rings. The second kappa shape index (κ2) is 7.75. The average Bonchev–Trinajstić information content (AvgIpc) is 3.04. The molecule has 0 saturated heterocycles. The number of hydrogen-bond donors (Lipinski definition) is 0. The molecule has 0 amide bonds. The minimum absolute atomic E-state index is 0.558. The van der Waals surface area contributed by atoms with E-state index in [1.54, 1.807) is 0 Å². The van der Waals surface area contributed by atoms with E-state index >= 15 is 0 Å². The zero-order chi connectivity index (χ0) is 16.8. The number of hydrogen-bond acceptors (Lipinski definition) is 5. The van der Waals surface area contributed by atoms with Crippen molar-refractivity contribution < 1.29 is 9.15 Å². The van der Waals surface area contributed by atoms with Crippen molar-refractivity contribution in [2.75, 3.05) is 20.2 Å². The van der Waals surface area contributed by atoms with Crippen molar-refractivity contribution in [1.29, 1.82) is 0 Å². The van der Waals surface area contributed by atoms with Gasteiger partial charge in [0.1, 0.15) is 12.4 Å². The van der Waals surface area contributed by atoms with Crippen molar-refractivity contribution in [3.63, 3.8) is 0 Å². The maximum absolute atomic E-state index is 5.76. The van der Waals surface area contributed by atoms with E-state index in [2.05, 4.69) is 15.1 Å². The van der Waals surface area contributed by atoms with Gasteiger partial charge in [0.2, 0.25) is 11.8 Å². The van der Waals surface area contributed by atoms with Crippen molar-refractivity contribution in [2.45, 2.75) is 13.5 Å². The third kappa shape index (κ3) is 4.43. The molecule has 0 unspecified atom stereocenters. The van der Waals surface area contributed by atoms with Gasteiger partial charge in [0.15, 0.2) is 0 Å². The molecule has 124 valence electrons. The van der Waals surface area contributed by atoms with E-state index < -0.39 is 0 Å². The maximum atomic E-state index is 5.76. The molecule has 3 rings (SSSR count). The molecule has 1 aromatic heterocycles. The molecule has 0 aliphatic heterocycles.